The van der Waals surface area contributed by atoms with E-state index in [4.69, 9.17) is 11.6 Å². The minimum Gasteiger partial charge on any atom is -0.228 e. The lowest BCUT2D eigenvalue weighted by Gasteiger charge is -1.87. The second-order valence-electron chi connectivity index (χ2n) is 1.97. The summed E-state index contributed by atoms with van der Waals surface area (Å²) in [4.78, 5) is 7.95. The molecule has 62 valence electrons. The third kappa shape index (κ3) is 3.21. The van der Waals surface area contributed by atoms with Crippen molar-refractivity contribution < 1.29 is 0 Å². The summed E-state index contributed by atoms with van der Waals surface area (Å²) in [6.45, 7) is 0. The molecule has 0 bridgehead atoms. The van der Waals surface area contributed by atoms with Gasteiger partial charge in [0.25, 0.3) is 0 Å². The molecular weight excluding hydrogens is 239 g/mol. The van der Waals surface area contributed by atoms with Crippen LogP contribution in [0, 0.1) is 11.8 Å². The number of hydrogen-bond donors (Lipinski definition) is 0. The van der Waals surface area contributed by atoms with Crippen LogP contribution in [0.25, 0.3) is 0 Å². The fourth-order valence-electron chi connectivity index (χ4n) is 0.566. The summed E-state index contributed by atoms with van der Waals surface area (Å²) in [5.74, 6) is 6.72. The molecule has 0 amide bonds. The molecule has 4 heteroatoms. The van der Waals surface area contributed by atoms with E-state index in [1.54, 1.807) is 12.4 Å². The Morgan fingerprint density at radius 3 is 2.67 bits per heavy atom. The lowest BCUT2D eigenvalue weighted by Crippen LogP contribution is -1.86. The average Bonchev–Trinajstić information content (AvgIpc) is 2.09. The van der Waals surface area contributed by atoms with Crippen LogP contribution in [-0.4, -0.2) is 15.8 Å². The number of hydrogen-bond acceptors (Lipinski definition) is 2. The Labute approximate surface area is 84.5 Å². The monoisotopic (exact) mass is 244 g/mol. The molecule has 1 aromatic heterocycles. The zero-order valence-corrected chi connectivity index (χ0v) is 8.56. The molecule has 0 aliphatic rings. The maximum atomic E-state index is 5.44. The van der Waals surface area contributed by atoms with Crippen molar-refractivity contribution in [2.24, 2.45) is 0 Å². The zero-order valence-electron chi connectivity index (χ0n) is 6.22. The second kappa shape index (κ2) is 5.13. The van der Waals surface area contributed by atoms with Crippen LogP contribution < -0.4 is 0 Å². The zero-order chi connectivity index (χ0) is 8.81. The number of alkyl halides is 1. The molecule has 2 nitrogen and oxygen atoms in total. The summed E-state index contributed by atoms with van der Waals surface area (Å²) in [5, 5.41) is 0. The molecule has 0 spiro atoms. The Kier molecular flexibility index (Phi) is 4.06. The highest BCUT2D eigenvalue weighted by Crippen LogP contribution is 2.03. The summed E-state index contributed by atoms with van der Waals surface area (Å²) >= 11 is 8.68. The maximum Gasteiger partial charge on any atom is 0.204 e. The first-order valence-electron chi connectivity index (χ1n) is 3.35. The highest BCUT2D eigenvalue weighted by molar-refractivity contribution is 9.10. The van der Waals surface area contributed by atoms with Crippen LogP contribution in [0.3, 0.4) is 0 Å². The maximum absolute atomic E-state index is 5.44. The lowest BCUT2D eigenvalue weighted by molar-refractivity contribution is 1.11. The van der Waals surface area contributed by atoms with Crippen LogP contribution >= 0.6 is 27.5 Å². The molecule has 0 atom stereocenters. The molecule has 0 N–H and O–H groups in total. The largest absolute Gasteiger partial charge is 0.228 e. The molecule has 0 saturated carbocycles. The standard InChI is InChI=1S/C8H6BrClN2/c9-7-5-11-8(12-6-7)3-1-2-4-10/h5-6H,2,4H2. The number of rotatable bonds is 1. The van der Waals surface area contributed by atoms with Gasteiger partial charge in [-0.2, -0.15) is 0 Å². The molecule has 0 aliphatic carbocycles. The van der Waals surface area contributed by atoms with E-state index in [0.29, 0.717) is 18.1 Å². The summed E-state index contributed by atoms with van der Waals surface area (Å²) in [5.41, 5.74) is 0. The van der Waals surface area contributed by atoms with Crippen molar-refractivity contribution >= 4 is 27.5 Å². The third-order valence-electron chi connectivity index (χ3n) is 1.04. The van der Waals surface area contributed by atoms with E-state index in [0.717, 1.165) is 4.47 Å². The van der Waals surface area contributed by atoms with Gasteiger partial charge in [-0.1, -0.05) is 5.92 Å². The summed E-state index contributed by atoms with van der Waals surface area (Å²) in [7, 11) is 0. The molecule has 0 fully saturated rings. The summed E-state index contributed by atoms with van der Waals surface area (Å²) in [6, 6.07) is 0. The first-order valence-corrected chi connectivity index (χ1v) is 4.68. The average molecular weight is 246 g/mol. The van der Waals surface area contributed by atoms with Crippen molar-refractivity contribution in [3.05, 3.63) is 22.7 Å². The van der Waals surface area contributed by atoms with Gasteiger partial charge >= 0.3 is 0 Å². The topological polar surface area (TPSA) is 25.8 Å². The predicted molar refractivity (Wildman–Crippen MR) is 51.9 cm³/mol. The van der Waals surface area contributed by atoms with Crippen molar-refractivity contribution in [1.29, 1.82) is 0 Å². The Balaban J connectivity index is 2.66. The van der Waals surface area contributed by atoms with Gasteiger partial charge in [-0.15, -0.1) is 11.6 Å². The van der Waals surface area contributed by atoms with Crippen molar-refractivity contribution in [3.8, 4) is 11.8 Å². The highest BCUT2D eigenvalue weighted by atomic mass is 79.9. The van der Waals surface area contributed by atoms with Crippen LogP contribution in [0.4, 0.5) is 0 Å². The van der Waals surface area contributed by atoms with Crippen LogP contribution in [0.1, 0.15) is 12.2 Å². The normalized spacial score (nSPS) is 8.83. The Morgan fingerprint density at radius 1 is 1.42 bits per heavy atom. The number of halogens is 2. The molecule has 1 rings (SSSR count). The highest BCUT2D eigenvalue weighted by Gasteiger charge is 1.88. The van der Waals surface area contributed by atoms with E-state index in [1.807, 2.05) is 0 Å². The smallest absolute Gasteiger partial charge is 0.204 e. The van der Waals surface area contributed by atoms with E-state index < -0.39 is 0 Å². The van der Waals surface area contributed by atoms with Gasteiger partial charge in [0.2, 0.25) is 5.82 Å². The van der Waals surface area contributed by atoms with Crippen LogP contribution in [0.15, 0.2) is 16.9 Å². The van der Waals surface area contributed by atoms with E-state index in [1.165, 1.54) is 0 Å². The summed E-state index contributed by atoms with van der Waals surface area (Å²) < 4.78 is 0.852. The van der Waals surface area contributed by atoms with E-state index >= 15 is 0 Å². The van der Waals surface area contributed by atoms with Crippen molar-refractivity contribution in [1.82, 2.24) is 9.97 Å². The molecular formula is C8H6BrClN2. The Bertz CT molecular complexity index is 299. The molecule has 0 unspecified atom stereocenters. The molecule has 1 aromatic rings. The number of aromatic nitrogens is 2. The van der Waals surface area contributed by atoms with E-state index in [-0.39, 0.29) is 0 Å². The molecule has 1 heterocycles. The molecule has 12 heavy (non-hydrogen) atoms. The first-order chi connectivity index (χ1) is 5.83. The van der Waals surface area contributed by atoms with Gasteiger partial charge in [-0.3, -0.25) is 0 Å². The van der Waals surface area contributed by atoms with Crippen molar-refractivity contribution in [2.75, 3.05) is 5.88 Å². The molecule has 0 aliphatic heterocycles. The van der Waals surface area contributed by atoms with Crippen molar-refractivity contribution in [2.45, 2.75) is 6.42 Å². The van der Waals surface area contributed by atoms with Gasteiger partial charge in [0, 0.05) is 24.7 Å². The van der Waals surface area contributed by atoms with Gasteiger partial charge in [-0.25, -0.2) is 9.97 Å². The van der Waals surface area contributed by atoms with Crippen LogP contribution in [0.5, 0.6) is 0 Å². The molecule has 0 radical (unpaired) electrons. The fraction of sp³-hybridized carbons (Fsp3) is 0.250. The SMILES string of the molecule is ClCCC#Cc1ncc(Br)cn1. The van der Waals surface area contributed by atoms with Gasteiger partial charge < -0.3 is 0 Å². The van der Waals surface area contributed by atoms with Gasteiger partial charge in [0.15, 0.2) is 0 Å². The minimum atomic E-state index is 0.531. The lowest BCUT2D eigenvalue weighted by atomic mass is 10.4. The van der Waals surface area contributed by atoms with Crippen LogP contribution in [0.2, 0.25) is 0 Å². The predicted octanol–water partition coefficient (Wildman–Crippen LogP) is 2.22. The number of nitrogens with zero attached hydrogens (tertiary/aromatic N) is 2. The quantitative estimate of drug-likeness (QED) is 0.560. The minimum absolute atomic E-state index is 0.531. The van der Waals surface area contributed by atoms with E-state index in [2.05, 4.69) is 37.7 Å². The summed E-state index contributed by atoms with van der Waals surface area (Å²) in [6.07, 6.45) is 4.00. The van der Waals surface area contributed by atoms with Crippen molar-refractivity contribution in [3.63, 3.8) is 0 Å². The Morgan fingerprint density at radius 2 is 2.08 bits per heavy atom. The van der Waals surface area contributed by atoms with Gasteiger partial charge in [-0.05, 0) is 21.9 Å². The van der Waals surface area contributed by atoms with E-state index in [9.17, 15) is 0 Å². The molecule has 0 saturated heterocycles. The fourth-order valence-corrected chi connectivity index (χ4v) is 0.865. The van der Waals surface area contributed by atoms with Crippen LogP contribution in [-0.2, 0) is 0 Å². The Hall–Kier alpha value is -0.590. The second-order valence-corrected chi connectivity index (χ2v) is 3.26. The third-order valence-corrected chi connectivity index (χ3v) is 1.64. The first kappa shape index (κ1) is 9.50. The van der Waals surface area contributed by atoms with Gasteiger partial charge in [0.1, 0.15) is 0 Å². The molecule has 0 aromatic carbocycles. The van der Waals surface area contributed by atoms with Gasteiger partial charge in [0.05, 0.1) is 4.47 Å².